The lowest BCUT2D eigenvalue weighted by Crippen LogP contribution is -2.46. The molecule has 0 aliphatic carbocycles. The smallest absolute Gasteiger partial charge is 0.408 e. The lowest BCUT2D eigenvalue weighted by atomic mass is 10.1. The molecule has 108 valence electrons. The highest BCUT2D eigenvalue weighted by Crippen LogP contribution is 2.09. The lowest BCUT2D eigenvalue weighted by Gasteiger charge is -2.27. The second-order valence-electron chi connectivity index (χ2n) is 5.66. The Bertz CT molecular complexity index is 240. The highest BCUT2D eigenvalue weighted by atomic mass is 35.5. The normalized spacial score (nSPS) is 13.5. The first kappa shape index (κ1) is 17.5. The van der Waals surface area contributed by atoms with E-state index in [1.165, 1.54) is 0 Å². The van der Waals surface area contributed by atoms with Crippen molar-refractivity contribution in [2.24, 2.45) is 0 Å². The molecule has 1 amide bonds. The number of rotatable bonds is 7. The number of alkyl halides is 1. The summed E-state index contributed by atoms with van der Waals surface area (Å²) in [6, 6.07) is 0. The van der Waals surface area contributed by atoms with E-state index in [0.717, 1.165) is 25.7 Å². The topological polar surface area (TPSA) is 41.6 Å². The van der Waals surface area contributed by atoms with Crippen molar-refractivity contribution in [3.05, 3.63) is 0 Å². The molecule has 0 aromatic heterocycles. The molecule has 0 aliphatic rings. The third-order valence-electron chi connectivity index (χ3n) is 2.42. The maximum Gasteiger partial charge on any atom is 0.408 e. The van der Waals surface area contributed by atoms with E-state index >= 15 is 0 Å². The largest absolute Gasteiger partial charge is 0.444 e. The summed E-state index contributed by atoms with van der Waals surface area (Å²) in [6.45, 7) is 5.58. The number of hydrogen-bond donors (Lipinski definition) is 1. The van der Waals surface area contributed by atoms with Crippen molar-refractivity contribution in [3.63, 3.8) is 0 Å². The highest BCUT2D eigenvalue weighted by molar-refractivity contribution is 6.17. The van der Waals surface area contributed by atoms with Crippen molar-refractivity contribution in [1.29, 1.82) is 0 Å². The first-order valence-corrected chi connectivity index (χ1v) is 7.01. The molecule has 1 unspecified atom stereocenters. The molecule has 0 radical (unpaired) electrons. The van der Waals surface area contributed by atoms with Crippen LogP contribution in [-0.4, -0.2) is 42.7 Å². The minimum atomic E-state index is -0.459. The number of hydrogen-bond acceptors (Lipinski definition) is 3. The molecule has 0 aromatic carbocycles. The Morgan fingerprint density at radius 1 is 1.28 bits per heavy atom. The van der Waals surface area contributed by atoms with Crippen molar-refractivity contribution in [2.45, 2.75) is 58.2 Å². The predicted octanol–water partition coefficient (Wildman–Crippen LogP) is 3.20. The molecule has 0 rings (SSSR count). The molecule has 0 saturated carbocycles. The molecule has 0 aromatic rings. The van der Waals surface area contributed by atoms with Crippen molar-refractivity contribution >= 4 is 17.7 Å². The Kier molecular flexibility index (Phi) is 8.36. The van der Waals surface area contributed by atoms with Crippen molar-refractivity contribution < 1.29 is 9.53 Å². The molecule has 0 fully saturated rings. The minimum absolute atomic E-state index is 0.00942. The quantitative estimate of drug-likeness (QED) is 0.442. The second kappa shape index (κ2) is 8.59. The van der Waals surface area contributed by atoms with E-state index in [9.17, 15) is 4.79 Å². The van der Waals surface area contributed by atoms with Crippen LogP contribution in [0.15, 0.2) is 0 Å². The first-order valence-electron chi connectivity index (χ1n) is 6.48. The minimum Gasteiger partial charge on any atom is -0.444 e. The van der Waals surface area contributed by atoms with E-state index in [1.807, 2.05) is 39.8 Å². The van der Waals surface area contributed by atoms with Gasteiger partial charge in [-0.3, -0.25) is 4.90 Å². The fourth-order valence-electron chi connectivity index (χ4n) is 1.51. The third-order valence-corrected chi connectivity index (χ3v) is 2.69. The van der Waals surface area contributed by atoms with Gasteiger partial charge in [-0.1, -0.05) is 12.8 Å². The highest BCUT2D eigenvalue weighted by Gasteiger charge is 2.20. The van der Waals surface area contributed by atoms with Crippen LogP contribution in [0.3, 0.4) is 0 Å². The van der Waals surface area contributed by atoms with Gasteiger partial charge < -0.3 is 10.1 Å². The molecule has 4 nitrogen and oxygen atoms in total. The van der Waals surface area contributed by atoms with Crippen molar-refractivity contribution in [1.82, 2.24) is 10.2 Å². The molecule has 0 saturated heterocycles. The van der Waals surface area contributed by atoms with Gasteiger partial charge in [0.05, 0.1) is 6.17 Å². The molecule has 1 atom stereocenters. The summed E-state index contributed by atoms with van der Waals surface area (Å²) in [7, 11) is 3.90. The number of carbonyl (C=O) groups is 1. The molecule has 0 heterocycles. The van der Waals surface area contributed by atoms with Gasteiger partial charge in [-0.15, -0.1) is 11.6 Å². The van der Waals surface area contributed by atoms with Gasteiger partial charge in [-0.25, -0.2) is 4.79 Å². The third kappa shape index (κ3) is 9.54. The molecular weight excluding hydrogens is 252 g/mol. The Morgan fingerprint density at radius 3 is 2.33 bits per heavy atom. The monoisotopic (exact) mass is 278 g/mol. The van der Waals surface area contributed by atoms with E-state index in [1.54, 1.807) is 0 Å². The molecule has 18 heavy (non-hydrogen) atoms. The lowest BCUT2D eigenvalue weighted by molar-refractivity contribution is 0.0443. The maximum absolute atomic E-state index is 11.7. The summed E-state index contributed by atoms with van der Waals surface area (Å²) in [6.07, 6.45) is 3.71. The zero-order valence-corrected chi connectivity index (χ0v) is 13.0. The number of unbranched alkanes of at least 4 members (excludes halogenated alkanes) is 2. The first-order chi connectivity index (χ1) is 8.26. The van der Waals surface area contributed by atoms with Crippen LogP contribution in [0, 0.1) is 0 Å². The molecule has 5 heteroatoms. The van der Waals surface area contributed by atoms with Gasteiger partial charge in [0.15, 0.2) is 0 Å². The number of nitrogens with zero attached hydrogens (tertiary/aromatic N) is 1. The number of ether oxygens (including phenoxy) is 1. The number of nitrogens with one attached hydrogen (secondary N) is 1. The van der Waals surface area contributed by atoms with Crippen LogP contribution >= 0.6 is 11.6 Å². The molecule has 0 spiro atoms. The fraction of sp³-hybridized carbons (Fsp3) is 0.923. The van der Waals surface area contributed by atoms with E-state index < -0.39 is 5.60 Å². The Hall–Kier alpha value is -0.480. The van der Waals surface area contributed by atoms with Crippen LogP contribution in [-0.2, 0) is 4.74 Å². The second-order valence-corrected chi connectivity index (χ2v) is 6.04. The van der Waals surface area contributed by atoms with Crippen LogP contribution in [0.5, 0.6) is 0 Å². The predicted molar refractivity (Wildman–Crippen MR) is 76.0 cm³/mol. The summed E-state index contributed by atoms with van der Waals surface area (Å²) < 4.78 is 5.25. The number of amides is 1. The fourth-order valence-corrected chi connectivity index (χ4v) is 1.70. The number of alkyl carbamates (subject to hydrolysis) is 1. The van der Waals surface area contributed by atoms with E-state index in [-0.39, 0.29) is 12.3 Å². The zero-order valence-electron chi connectivity index (χ0n) is 12.3. The zero-order chi connectivity index (χ0) is 14.2. The average molecular weight is 279 g/mol. The van der Waals surface area contributed by atoms with Gasteiger partial charge in [0.25, 0.3) is 0 Å². The summed E-state index contributed by atoms with van der Waals surface area (Å²) in [5.74, 6) is 0.701. The van der Waals surface area contributed by atoms with Gasteiger partial charge in [0.2, 0.25) is 0 Å². The standard InChI is InChI=1S/C13H27ClN2O2/c1-13(2,3)18-12(17)15-11(16(4)5)9-7-6-8-10-14/h11H,6-10H2,1-5H3,(H,15,17). The summed E-state index contributed by atoms with van der Waals surface area (Å²) in [5.41, 5.74) is -0.459. The summed E-state index contributed by atoms with van der Waals surface area (Å²) >= 11 is 5.64. The number of halogens is 1. The summed E-state index contributed by atoms with van der Waals surface area (Å²) in [5, 5.41) is 2.88. The van der Waals surface area contributed by atoms with Crippen LogP contribution in [0.2, 0.25) is 0 Å². The molecule has 1 N–H and O–H groups in total. The van der Waals surface area contributed by atoms with Crippen LogP contribution in [0.25, 0.3) is 0 Å². The average Bonchev–Trinajstić information content (AvgIpc) is 2.19. The molecular formula is C13H27ClN2O2. The van der Waals surface area contributed by atoms with Crippen molar-refractivity contribution in [3.8, 4) is 0 Å². The van der Waals surface area contributed by atoms with Crippen molar-refractivity contribution in [2.75, 3.05) is 20.0 Å². The van der Waals surface area contributed by atoms with Gasteiger partial charge in [0, 0.05) is 5.88 Å². The number of carbonyl (C=O) groups excluding carboxylic acids is 1. The van der Waals surface area contributed by atoms with Gasteiger partial charge in [0.1, 0.15) is 5.60 Å². The van der Waals surface area contributed by atoms with Gasteiger partial charge in [-0.2, -0.15) is 0 Å². The van der Waals surface area contributed by atoms with Crippen LogP contribution in [0.4, 0.5) is 4.79 Å². The maximum atomic E-state index is 11.7. The Labute approximate surface area is 116 Å². The molecule has 0 aliphatic heterocycles. The molecule has 0 bridgehead atoms. The summed E-state index contributed by atoms with van der Waals surface area (Å²) in [4.78, 5) is 13.7. The van der Waals surface area contributed by atoms with E-state index in [4.69, 9.17) is 16.3 Å². The van der Waals surface area contributed by atoms with E-state index in [2.05, 4.69) is 5.32 Å². The SMILES string of the molecule is CN(C)C(CCCCCCl)NC(=O)OC(C)(C)C. The van der Waals surface area contributed by atoms with Crippen LogP contribution in [0.1, 0.15) is 46.5 Å². The van der Waals surface area contributed by atoms with Gasteiger partial charge >= 0.3 is 6.09 Å². The van der Waals surface area contributed by atoms with E-state index in [0.29, 0.717) is 5.88 Å². The van der Waals surface area contributed by atoms with Crippen LogP contribution < -0.4 is 5.32 Å². The van der Waals surface area contributed by atoms with Gasteiger partial charge in [-0.05, 0) is 47.7 Å². The Morgan fingerprint density at radius 2 is 1.89 bits per heavy atom. The Balaban J connectivity index is 4.07.